The molecule has 1 fully saturated rings. The van der Waals surface area contributed by atoms with E-state index in [4.69, 9.17) is 16.3 Å². The second-order valence-corrected chi connectivity index (χ2v) is 8.28. The molecule has 0 bridgehead atoms. The summed E-state index contributed by atoms with van der Waals surface area (Å²) in [5.41, 5.74) is 2.71. The van der Waals surface area contributed by atoms with Gasteiger partial charge in [-0.25, -0.2) is 4.98 Å². The van der Waals surface area contributed by atoms with E-state index in [1.807, 2.05) is 38.1 Å². The normalized spacial score (nSPS) is 16.9. The Balaban J connectivity index is 1.64. The van der Waals surface area contributed by atoms with Crippen LogP contribution in [0.25, 0.3) is 10.2 Å². The Labute approximate surface area is 166 Å². The average Bonchev–Trinajstić information content (AvgIpc) is 3.33. The van der Waals surface area contributed by atoms with Crippen molar-refractivity contribution in [3.63, 3.8) is 0 Å². The lowest BCUT2D eigenvalue weighted by Crippen LogP contribution is -2.39. The third kappa shape index (κ3) is 4.00. The molecule has 0 saturated carbocycles. The highest BCUT2D eigenvalue weighted by Crippen LogP contribution is 2.31. The summed E-state index contributed by atoms with van der Waals surface area (Å²) in [5.74, 6) is -0.0400. The first-order chi connectivity index (χ1) is 13.0. The fourth-order valence-corrected chi connectivity index (χ4v) is 4.60. The van der Waals surface area contributed by atoms with Crippen molar-refractivity contribution in [3.05, 3.63) is 40.7 Å². The number of carbonyl (C=O) groups is 1. The van der Waals surface area contributed by atoms with Crippen LogP contribution in [0.4, 0.5) is 5.13 Å². The average molecular weight is 405 g/mol. The summed E-state index contributed by atoms with van der Waals surface area (Å²) in [5, 5.41) is 5.76. The Morgan fingerprint density at radius 3 is 2.96 bits per heavy atom. The van der Waals surface area contributed by atoms with Crippen LogP contribution in [0.5, 0.6) is 0 Å². The predicted molar refractivity (Wildman–Crippen MR) is 108 cm³/mol. The second kappa shape index (κ2) is 7.58. The molecule has 1 aromatic carbocycles. The molecule has 1 amide bonds. The molecule has 27 heavy (non-hydrogen) atoms. The van der Waals surface area contributed by atoms with E-state index in [1.165, 1.54) is 11.3 Å². The lowest BCUT2D eigenvalue weighted by molar-refractivity contribution is -0.119. The van der Waals surface area contributed by atoms with Gasteiger partial charge in [0.25, 0.3) is 5.91 Å². The van der Waals surface area contributed by atoms with E-state index in [0.717, 1.165) is 41.1 Å². The molecule has 142 valence electrons. The van der Waals surface area contributed by atoms with Gasteiger partial charge in [-0.2, -0.15) is 5.10 Å². The summed E-state index contributed by atoms with van der Waals surface area (Å²) in [6.45, 7) is 5.32. The number of anilines is 1. The van der Waals surface area contributed by atoms with Gasteiger partial charge in [-0.1, -0.05) is 22.9 Å². The van der Waals surface area contributed by atoms with Crippen molar-refractivity contribution in [2.24, 2.45) is 0 Å². The number of hydrogen-bond donors (Lipinski definition) is 0. The van der Waals surface area contributed by atoms with Gasteiger partial charge in [0, 0.05) is 17.3 Å². The van der Waals surface area contributed by atoms with E-state index in [1.54, 1.807) is 9.58 Å². The number of nitrogens with zero attached hydrogens (tertiary/aromatic N) is 4. The molecule has 0 spiro atoms. The molecule has 3 heterocycles. The van der Waals surface area contributed by atoms with Crippen molar-refractivity contribution in [3.8, 4) is 0 Å². The minimum atomic E-state index is -0.0400. The first kappa shape index (κ1) is 18.4. The lowest BCUT2D eigenvalue weighted by Gasteiger charge is -2.23. The highest BCUT2D eigenvalue weighted by atomic mass is 35.5. The van der Waals surface area contributed by atoms with Gasteiger partial charge < -0.3 is 4.74 Å². The molecule has 4 rings (SSSR count). The topological polar surface area (TPSA) is 60.2 Å². The number of hydrogen-bond acceptors (Lipinski definition) is 5. The van der Waals surface area contributed by atoms with Crippen LogP contribution >= 0.6 is 22.9 Å². The Morgan fingerprint density at radius 2 is 2.26 bits per heavy atom. The number of ether oxygens (including phenoxy) is 1. The largest absolute Gasteiger partial charge is 0.376 e. The molecule has 0 radical (unpaired) electrons. The Hall–Kier alpha value is -1.96. The first-order valence-corrected chi connectivity index (χ1v) is 10.2. The maximum absolute atomic E-state index is 13.2. The van der Waals surface area contributed by atoms with Gasteiger partial charge in [0.05, 0.1) is 28.6 Å². The molecule has 0 aliphatic carbocycles. The van der Waals surface area contributed by atoms with Crippen LogP contribution in [0.3, 0.4) is 0 Å². The van der Waals surface area contributed by atoms with E-state index in [2.05, 4.69) is 10.1 Å². The van der Waals surface area contributed by atoms with Crippen LogP contribution in [-0.2, 0) is 16.1 Å². The first-order valence-electron chi connectivity index (χ1n) is 8.99. The molecule has 0 N–H and O–H groups in total. The monoisotopic (exact) mass is 404 g/mol. The van der Waals surface area contributed by atoms with Crippen molar-refractivity contribution in [1.29, 1.82) is 0 Å². The van der Waals surface area contributed by atoms with Crippen molar-refractivity contribution >= 4 is 44.2 Å². The van der Waals surface area contributed by atoms with Crippen molar-refractivity contribution < 1.29 is 9.53 Å². The number of carbonyl (C=O) groups excluding carboxylic acids is 1. The maximum Gasteiger partial charge on any atom is 0.250 e. The van der Waals surface area contributed by atoms with Gasteiger partial charge in [-0.3, -0.25) is 14.4 Å². The summed E-state index contributed by atoms with van der Waals surface area (Å²) in [6.07, 6.45) is 2.03. The van der Waals surface area contributed by atoms with Crippen LogP contribution in [0, 0.1) is 13.8 Å². The summed E-state index contributed by atoms with van der Waals surface area (Å²) in [6, 6.07) is 7.55. The zero-order valence-electron chi connectivity index (χ0n) is 15.3. The molecular formula is C19H21ClN4O2S. The van der Waals surface area contributed by atoms with E-state index >= 15 is 0 Å². The number of amides is 1. The van der Waals surface area contributed by atoms with Crippen LogP contribution in [0.1, 0.15) is 24.2 Å². The molecular weight excluding hydrogens is 384 g/mol. The van der Waals surface area contributed by atoms with Gasteiger partial charge >= 0.3 is 0 Å². The zero-order chi connectivity index (χ0) is 19.0. The summed E-state index contributed by atoms with van der Waals surface area (Å²) in [7, 11) is 0. The standard InChI is InChI=1S/C19H21ClN4O2S/c1-12-8-13(2)24(22-12)11-18(25)23(10-15-4-3-7-26-15)19-21-16-6-5-14(20)9-17(16)27-19/h5-6,8-9,15H,3-4,7,10-11H2,1-2H3. The number of fused-ring (bicyclic) bond motifs is 1. The Kier molecular flexibility index (Phi) is 5.16. The Morgan fingerprint density at radius 1 is 1.41 bits per heavy atom. The lowest BCUT2D eigenvalue weighted by atomic mass is 10.2. The van der Waals surface area contributed by atoms with Gasteiger partial charge in [0.1, 0.15) is 6.54 Å². The molecule has 1 unspecified atom stereocenters. The van der Waals surface area contributed by atoms with Gasteiger partial charge in [0.15, 0.2) is 5.13 Å². The number of benzene rings is 1. The SMILES string of the molecule is Cc1cc(C)n(CC(=O)N(CC2CCCO2)c2nc3ccc(Cl)cc3s2)n1. The van der Waals surface area contributed by atoms with E-state index in [-0.39, 0.29) is 18.6 Å². The quantitative estimate of drug-likeness (QED) is 0.645. The van der Waals surface area contributed by atoms with Crippen molar-refractivity contribution in [2.75, 3.05) is 18.1 Å². The molecule has 1 aliphatic heterocycles. The van der Waals surface area contributed by atoms with Crippen molar-refractivity contribution in [2.45, 2.75) is 39.3 Å². The summed E-state index contributed by atoms with van der Waals surface area (Å²) < 4.78 is 8.47. The third-order valence-corrected chi connectivity index (χ3v) is 5.95. The highest BCUT2D eigenvalue weighted by molar-refractivity contribution is 7.22. The third-order valence-electron chi connectivity index (χ3n) is 4.67. The van der Waals surface area contributed by atoms with Crippen LogP contribution in [-0.4, -0.2) is 39.9 Å². The van der Waals surface area contributed by atoms with Crippen LogP contribution in [0.15, 0.2) is 24.3 Å². The molecule has 3 aromatic rings. The van der Waals surface area contributed by atoms with Gasteiger partial charge in [0.2, 0.25) is 0 Å². The molecule has 8 heteroatoms. The number of rotatable bonds is 5. The van der Waals surface area contributed by atoms with Gasteiger partial charge in [-0.15, -0.1) is 0 Å². The van der Waals surface area contributed by atoms with Crippen LogP contribution < -0.4 is 4.90 Å². The predicted octanol–water partition coefficient (Wildman–Crippen LogP) is 3.98. The zero-order valence-corrected chi connectivity index (χ0v) is 16.9. The van der Waals surface area contributed by atoms with E-state index in [9.17, 15) is 4.79 Å². The summed E-state index contributed by atoms with van der Waals surface area (Å²) in [4.78, 5) is 19.6. The number of aromatic nitrogens is 3. The molecule has 1 aliphatic rings. The van der Waals surface area contributed by atoms with Crippen LogP contribution in [0.2, 0.25) is 5.02 Å². The molecule has 1 saturated heterocycles. The Bertz CT molecular complexity index is 977. The highest BCUT2D eigenvalue weighted by Gasteiger charge is 2.26. The fraction of sp³-hybridized carbons (Fsp3) is 0.421. The number of thiazole rings is 1. The van der Waals surface area contributed by atoms with Crippen molar-refractivity contribution in [1.82, 2.24) is 14.8 Å². The molecule has 6 nitrogen and oxygen atoms in total. The maximum atomic E-state index is 13.2. The van der Waals surface area contributed by atoms with E-state index < -0.39 is 0 Å². The van der Waals surface area contributed by atoms with Gasteiger partial charge in [-0.05, 0) is 51.0 Å². The number of aryl methyl sites for hydroxylation is 2. The molecule has 1 atom stereocenters. The second-order valence-electron chi connectivity index (χ2n) is 6.83. The summed E-state index contributed by atoms with van der Waals surface area (Å²) >= 11 is 7.58. The fourth-order valence-electron chi connectivity index (χ4n) is 3.33. The minimum absolute atomic E-state index is 0.0400. The smallest absolute Gasteiger partial charge is 0.250 e. The number of halogens is 1. The molecule has 2 aromatic heterocycles. The minimum Gasteiger partial charge on any atom is -0.376 e. The van der Waals surface area contributed by atoms with E-state index in [0.29, 0.717) is 16.7 Å².